The molecule has 6 heteroatoms. The summed E-state index contributed by atoms with van der Waals surface area (Å²) >= 11 is 1.50. The molecule has 0 spiro atoms. The van der Waals surface area contributed by atoms with Crippen molar-refractivity contribution >= 4 is 28.2 Å². The van der Waals surface area contributed by atoms with E-state index in [9.17, 15) is 20.0 Å². The second-order valence-corrected chi connectivity index (χ2v) is 9.69. The number of fused-ring (bicyclic) bond motifs is 1. The lowest BCUT2D eigenvalue weighted by atomic mass is 9.69. The molecule has 150 valence electrons. The molecule has 3 atom stereocenters. The van der Waals surface area contributed by atoms with Crippen molar-refractivity contribution in [2.45, 2.75) is 59.3 Å². The molecule has 0 saturated heterocycles. The van der Waals surface area contributed by atoms with E-state index >= 15 is 0 Å². The molecular formula is C22H28N2O3S. The zero-order valence-corrected chi connectivity index (χ0v) is 17.6. The molecule has 0 fully saturated rings. The van der Waals surface area contributed by atoms with Crippen LogP contribution in [0.15, 0.2) is 12.2 Å². The molecule has 0 saturated carbocycles. The molecule has 0 radical (unpaired) electrons. The summed E-state index contributed by atoms with van der Waals surface area (Å²) in [7, 11) is 0. The van der Waals surface area contributed by atoms with Crippen LogP contribution in [0, 0.1) is 34.5 Å². The van der Waals surface area contributed by atoms with Crippen molar-refractivity contribution in [2.24, 2.45) is 23.2 Å². The summed E-state index contributed by atoms with van der Waals surface area (Å²) in [6.45, 7) is 6.81. The number of hydrogen-bond acceptors (Lipinski definition) is 4. The Labute approximate surface area is 170 Å². The summed E-state index contributed by atoms with van der Waals surface area (Å²) in [5.41, 5.74) is 1.89. The van der Waals surface area contributed by atoms with E-state index in [-0.39, 0.29) is 11.3 Å². The third-order valence-corrected chi connectivity index (χ3v) is 7.89. The van der Waals surface area contributed by atoms with Crippen molar-refractivity contribution in [1.82, 2.24) is 0 Å². The van der Waals surface area contributed by atoms with Crippen LogP contribution in [0.25, 0.3) is 0 Å². The van der Waals surface area contributed by atoms with Gasteiger partial charge >= 0.3 is 5.97 Å². The Bertz CT molecular complexity index is 847. The van der Waals surface area contributed by atoms with Gasteiger partial charge in [0.25, 0.3) is 0 Å². The Morgan fingerprint density at radius 1 is 1.32 bits per heavy atom. The van der Waals surface area contributed by atoms with Gasteiger partial charge in [-0.15, -0.1) is 11.3 Å². The van der Waals surface area contributed by atoms with Gasteiger partial charge in [0, 0.05) is 4.88 Å². The van der Waals surface area contributed by atoms with Crippen molar-refractivity contribution in [3.05, 3.63) is 28.2 Å². The van der Waals surface area contributed by atoms with Crippen LogP contribution in [0.5, 0.6) is 0 Å². The molecule has 2 N–H and O–H groups in total. The Balaban J connectivity index is 1.82. The minimum Gasteiger partial charge on any atom is -0.481 e. The van der Waals surface area contributed by atoms with E-state index in [4.69, 9.17) is 0 Å². The van der Waals surface area contributed by atoms with Gasteiger partial charge < -0.3 is 10.4 Å². The van der Waals surface area contributed by atoms with Gasteiger partial charge in [0.2, 0.25) is 5.91 Å². The minimum atomic E-state index is -0.944. The largest absolute Gasteiger partial charge is 0.481 e. The van der Waals surface area contributed by atoms with Crippen molar-refractivity contribution in [2.75, 3.05) is 5.32 Å². The van der Waals surface area contributed by atoms with Gasteiger partial charge in [-0.2, -0.15) is 5.26 Å². The summed E-state index contributed by atoms with van der Waals surface area (Å²) in [6, 6.07) is 2.28. The van der Waals surface area contributed by atoms with E-state index in [1.54, 1.807) is 0 Å². The SMILES string of the molecule is CCC(C)(C)[C@H]1CCc2c(sc(NC(=O)[C@@H]3CC=CC[C@@H]3C(=O)O)c2C#N)C1. The van der Waals surface area contributed by atoms with Crippen molar-refractivity contribution in [3.63, 3.8) is 0 Å². The number of amides is 1. The van der Waals surface area contributed by atoms with E-state index in [0.29, 0.717) is 29.3 Å². The fourth-order valence-corrected chi connectivity index (χ4v) is 5.61. The minimum absolute atomic E-state index is 0.251. The van der Waals surface area contributed by atoms with Crippen LogP contribution >= 0.6 is 11.3 Å². The molecule has 0 aliphatic heterocycles. The predicted molar refractivity (Wildman–Crippen MR) is 110 cm³/mol. The first-order chi connectivity index (χ1) is 13.3. The molecule has 1 amide bonds. The highest BCUT2D eigenvalue weighted by Gasteiger charge is 2.36. The first kappa shape index (κ1) is 20.6. The number of thiophene rings is 1. The highest BCUT2D eigenvalue weighted by atomic mass is 32.1. The molecule has 28 heavy (non-hydrogen) atoms. The van der Waals surface area contributed by atoms with Crippen molar-refractivity contribution in [3.8, 4) is 6.07 Å². The smallest absolute Gasteiger partial charge is 0.307 e. The average Bonchev–Trinajstić information content (AvgIpc) is 3.03. The number of nitriles is 1. The van der Waals surface area contributed by atoms with Gasteiger partial charge in [0.15, 0.2) is 0 Å². The molecule has 1 aromatic heterocycles. The molecule has 0 bridgehead atoms. The maximum atomic E-state index is 12.8. The number of rotatable bonds is 5. The maximum Gasteiger partial charge on any atom is 0.307 e. The lowest BCUT2D eigenvalue weighted by molar-refractivity contribution is -0.146. The quantitative estimate of drug-likeness (QED) is 0.697. The van der Waals surface area contributed by atoms with E-state index < -0.39 is 17.8 Å². The first-order valence-electron chi connectivity index (χ1n) is 10.0. The molecule has 2 aliphatic carbocycles. The van der Waals surface area contributed by atoms with Gasteiger partial charge in [-0.05, 0) is 49.0 Å². The van der Waals surface area contributed by atoms with Gasteiger partial charge in [0.1, 0.15) is 11.1 Å². The summed E-state index contributed by atoms with van der Waals surface area (Å²) in [5, 5.41) is 22.6. The molecule has 5 nitrogen and oxygen atoms in total. The van der Waals surface area contributed by atoms with Gasteiger partial charge in [-0.25, -0.2) is 0 Å². The normalized spacial score (nSPS) is 24.3. The summed E-state index contributed by atoms with van der Waals surface area (Å²) in [4.78, 5) is 25.5. The zero-order chi connectivity index (χ0) is 20.5. The van der Waals surface area contributed by atoms with Crippen LogP contribution in [-0.4, -0.2) is 17.0 Å². The molecule has 3 rings (SSSR count). The van der Waals surface area contributed by atoms with Crippen molar-refractivity contribution in [1.29, 1.82) is 5.26 Å². The average molecular weight is 401 g/mol. The highest BCUT2D eigenvalue weighted by Crippen LogP contribution is 2.45. The Morgan fingerprint density at radius 2 is 2.00 bits per heavy atom. The molecular weight excluding hydrogens is 372 g/mol. The van der Waals surface area contributed by atoms with Gasteiger partial charge in [-0.3, -0.25) is 9.59 Å². The lowest BCUT2D eigenvalue weighted by Crippen LogP contribution is -2.34. The van der Waals surface area contributed by atoms with Crippen LogP contribution in [0.2, 0.25) is 0 Å². The second-order valence-electron chi connectivity index (χ2n) is 8.58. The van der Waals surface area contributed by atoms with Gasteiger partial charge in [-0.1, -0.05) is 39.3 Å². The van der Waals surface area contributed by atoms with Crippen LogP contribution in [0.3, 0.4) is 0 Å². The zero-order valence-electron chi connectivity index (χ0n) is 16.7. The molecule has 1 aromatic rings. The number of allylic oxidation sites excluding steroid dienone is 2. The van der Waals surface area contributed by atoms with Crippen LogP contribution in [0.1, 0.15) is 62.5 Å². The topological polar surface area (TPSA) is 90.2 Å². The van der Waals surface area contributed by atoms with Gasteiger partial charge in [0.05, 0.1) is 17.4 Å². The standard InChI is InChI=1S/C22H28N2O3S/c1-4-22(2,3)13-9-10-14-17(12-23)20(28-18(14)11-13)24-19(25)15-7-5-6-8-16(15)21(26)27/h5-6,13,15-16H,4,7-11H2,1-3H3,(H,24,25)(H,26,27)/t13-,15+,16-/m0/s1. The highest BCUT2D eigenvalue weighted by molar-refractivity contribution is 7.16. The second kappa shape index (κ2) is 8.08. The van der Waals surface area contributed by atoms with E-state index in [2.05, 4.69) is 32.2 Å². The number of carboxylic acid groups (broad SMARTS) is 1. The monoisotopic (exact) mass is 400 g/mol. The first-order valence-corrected chi connectivity index (χ1v) is 10.8. The number of hydrogen-bond donors (Lipinski definition) is 2. The van der Waals surface area contributed by atoms with Crippen LogP contribution < -0.4 is 5.32 Å². The van der Waals surface area contributed by atoms with Crippen LogP contribution in [-0.2, 0) is 22.4 Å². The van der Waals surface area contributed by atoms with E-state index in [0.717, 1.165) is 31.2 Å². The number of nitrogens with one attached hydrogen (secondary N) is 1. The maximum absolute atomic E-state index is 12.8. The number of nitrogens with zero attached hydrogens (tertiary/aromatic N) is 1. The van der Waals surface area contributed by atoms with E-state index in [1.807, 2.05) is 12.2 Å². The summed E-state index contributed by atoms with van der Waals surface area (Å²) < 4.78 is 0. The van der Waals surface area contributed by atoms with Crippen molar-refractivity contribution < 1.29 is 14.7 Å². The number of carboxylic acids is 1. The van der Waals surface area contributed by atoms with Crippen LogP contribution in [0.4, 0.5) is 5.00 Å². The molecule has 0 aromatic carbocycles. The summed E-state index contributed by atoms with van der Waals surface area (Å²) in [5.74, 6) is -1.98. The lowest BCUT2D eigenvalue weighted by Gasteiger charge is -2.36. The number of carbonyl (C=O) groups excluding carboxylic acids is 1. The molecule has 1 heterocycles. The third kappa shape index (κ3) is 3.86. The molecule has 0 unspecified atom stereocenters. The number of anilines is 1. The third-order valence-electron chi connectivity index (χ3n) is 6.72. The number of aliphatic carboxylic acids is 1. The fraction of sp³-hybridized carbons (Fsp3) is 0.591. The van der Waals surface area contributed by atoms with E-state index in [1.165, 1.54) is 16.2 Å². The molecule has 2 aliphatic rings. The summed E-state index contributed by atoms with van der Waals surface area (Å²) in [6.07, 6.45) is 8.45. The Kier molecular flexibility index (Phi) is 5.95. The Morgan fingerprint density at radius 3 is 2.61 bits per heavy atom. The fourth-order valence-electron chi connectivity index (χ4n) is 4.33. The Hall–Kier alpha value is -2.13. The predicted octanol–water partition coefficient (Wildman–Crippen LogP) is 4.77. The number of carbonyl (C=O) groups is 2.